The summed E-state index contributed by atoms with van der Waals surface area (Å²) in [6.07, 6.45) is 6.44. The van der Waals surface area contributed by atoms with Crippen molar-refractivity contribution in [2.24, 2.45) is 0 Å². The predicted octanol–water partition coefficient (Wildman–Crippen LogP) is 2.12. The molecule has 0 aliphatic carbocycles. The molecule has 6 nitrogen and oxygen atoms in total. The van der Waals surface area contributed by atoms with Crippen LogP contribution in [0.1, 0.15) is 12.8 Å². The van der Waals surface area contributed by atoms with E-state index < -0.39 is 6.67 Å². The fourth-order valence-electron chi connectivity index (χ4n) is 3.60. The zero-order chi connectivity index (χ0) is 18.9. The van der Waals surface area contributed by atoms with E-state index in [9.17, 15) is 4.39 Å². The van der Waals surface area contributed by atoms with Gasteiger partial charge in [-0.2, -0.15) is 0 Å². The number of para-hydroxylation sites is 2. The van der Waals surface area contributed by atoms with E-state index in [2.05, 4.69) is 44.4 Å². The van der Waals surface area contributed by atoms with E-state index >= 15 is 0 Å². The monoisotopic (exact) mass is 377 g/mol. The highest BCUT2D eigenvalue weighted by Gasteiger charge is 2.19. The number of alkyl halides is 1. The minimum absolute atomic E-state index is 0.119. The Balaban J connectivity index is 1.36. The Morgan fingerprint density at radius 3 is 2.63 bits per heavy atom. The number of unbranched alkanes of at least 4 members (excludes halogenated alkanes) is 1. The van der Waals surface area contributed by atoms with Gasteiger partial charge in [-0.1, -0.05) is 12.1 Å². The number of halogens is 1. The van der Waals surface area contributed by atoms with E-state index in [4.69, 9.17) is 4.74 Å². The zero-order valence-corrected chi connectivity index (χ0v) is 16.3. The fourth-order valence-corrected chi connectivity index (χ4v) is 3.60. The standard InChI is InChI=1S/C20H32FN5O/c1-23-12-9-22-26(18-23)11-5-4-10-24-13-15-25(16-14-24)19-6-2-3-7-20(19)27-17-8-21/h2-3,6-7,9,12,22H,4-5,8,10-11,13-18H2,1H3. The van der Waals surface area contributed by atoms with Gasteiger partial charge in [-0.15, -0.1) is 0 Å². The number of hydrogen-bond acceptors (Lipinski definition) is 6. The first kappa shape index (κ1) is 19.8. The predicted molar refractivity (Wildman–Crippen MR) is 107 cm³/mol. The van der Waals surface area contributed by atoms with E-state index in [1.165, 1.54) is 12.8 Å². The SMILES string of the molecule is CN1C=CNN(CCCCN2CCN(c3ccccc3OCCF)CC2)C1. The van der Waals surface area contributed by atoms with Gasteiger partial charge in [-0.3, -0.25) is 4.90 Å². The highest BCUT2D eigenvalue weighted by atomic mass is 19.1. The summed E-state index contributed by atoms with van der Waals surface area (Å²) in [5, 5.41) is 2.24. The molecule has 3 rings (SSSR count). The van der Waals surface area contributed by atoms with Crippen LogP contribution in [0.15, 0.2) is 36.7 Å². The Morgan fingerprint density at radius 1 is 1.07 bits per heavy atom. The summed E-state index contributed by atoms with van der Waals surface area (Å²) in [5.74, 6) is 0.789. The van der Waals surface area contributed by atoms with Gasteiger partial charge in [0.25, 0.3) is 0 Å². The van der Waals surface area contributed by atoms with Gasteiger partial charge in [-0.25, -0.2) is 9.40 Å². The maximum atomic E-state index is 12.4. The van der Waals surface area contributed by atoms with Gasteiger partial charge < -0.3 is 20.0 Å². The lowest BCUT2D eigenvalue weighted by atomic mass is 10.2. The van der Waals surface area contributed by atoms with Crippen LogP contribution in [0.5, 0.6) is 5.75 Å². The van der Waals surface area contributed by atoms with Gasteiger partial charge in [-0.05, 0) is 31.5 Å². The number of benzene rings is 1. The molecule has 2 heterocycles. The zero-order valence-electron chi connectivity index (χ0n) is 16.3. The van der Waals surface area contributed by atoms with E-state index in [-0.39, 0.29) is 6.61 Å². The van der Waals surface area contributed by atoms with Gasteiger partial charge in [0.05, 0.1) is 12.4 Å². The van der Waals surface area contributed by atoms with Crippen LogP contribution in [0, 0.1) is 0 Å². The van der Waals surface area contributed by atoms with E-state index in [0.29, 0.717) is 0 Å². The molecule has 1 aromatic carbocycles. The maximum Gasteiger partial charge on any atom is 0.142 e. The number of ether oxygens (including phenoxy) is 1. The number of nitrogens with zero attached hydrogens (tertiary/aromatic N) is 4. The molecule has 0 aromatic heterocycles. The largest absolute Gasteiger partial charge is 0.489 e. The van der Waals surface area contributed by atoms with Crippen molar-refractivity contribution in [1.29, 1.82) is 0 Å². The third-order valence-electron chi connectivity index (χ3n) is 5.05. The van der Waals surface area contributed by atoms with Crippen molar-refractivity contribution in [3.8, 4) is 5.75 Å². The van der Waals surface area contributed by atoms with E-state index in [0.717, 1.165) is 57.4 Å². The molecular formula is C20H32FN5O. The van der Waals surface area contributed by atoms with Gasteiger partial charge in [0.15, 0.2) is 0 Å². The van der Waals surface area contributed by atoms with E-state index in [1.807, 2.05) is 24.4 Å². The van der Waals surface area contributed by atoms with Gasteiger partial charge >= 0.3 is 0 Å². The van der Waals surface area contributed by atoms with Gasteiger partial charge in [0, 0.05) is 52.2 Å². The third-order valence-corrected chi connectivity index (χ3v) is 5.05. The van der Waals surface area contributed by atoms with Crippen LogP contribution in [-0.2, 0) is 0 Å². The molecule has 1 aromatic rings. The molecule has 0 saturated carbocycles. The second kappa shape index (κ2) is 10.4. The molecule has 1 saturated heterocycles. The molecule has 7 heteroatoms. The van der Waals surface area contributed by atoms with Crippen LogP contribution in [0.2, 0.25) is 0 Å². The third kappa shape index (κ3) is 6.01. The number of anilines is 1. The molecular weight excluding hydrogens is 345 g/mol. The van der Waals surface area contributed by atoms with Crippen LogP contribution in [0.25, 0.3) is 0 Å². The first-order valence-corrected chi connectivity index (χ1v) is 9.89. The normalized spacial score (nSPS) is 18.6. The summed E-state index contributed by atoms with van der Waals surface area (Å²) in [7, 11) is 2.09. The van der Waals surface area contributed by atoms with Crippen LogP contribution in [0.4, 0.5) is 10.1 Å². The Bertz CT molecular complexity index is 591. The lowest BCUT2D eigenvalue weighted by Gasteiger charge is -2.37. The molecule has 150 valence electrons. The topological polar surface area (TPSA) is 34.2 Å². The molecule has 1 N–H and O–H groups in total. The molecule has 1 fully saturated rings. The van der Waals surface area contributed by atoms with Crippen molar-refractivity contribution in [1.82, 2.24) is 20.2 Å². The maximum absolute atomic E-state index is 12.4. The summed E-state index contributed by atoms with van der Waals surface area (Å²) in [6.45, 7) is 6.89. The van der Waals surface area contributed by atoms with Crippen molar-refractivity contribution >= 4 is 5.69 Å². The van der Waals surface area contributed by atoms with Crippen molar-refractivity contribution in [3.63, 3.8) is 0 Å². The Labute approximate surface area is 162 Å². The van der Waals surface area contributed by atoms with Crippen LogP contribution >= 0.6 is 0 Å². The molecule has 0 atom stereocenters. The van der Waals surface area contributed by atoms with Crippen molar-refractivity contribution in [3.05, 3.63) is 36.7 Å². The number of rotatable bonds is 9. The average molecular weight is 378 g/mol. The summed E-state index contributed by atoms with van der Waals surface area (Å²) in [6, 6.07) is 7.96. The molecule has 27 heavy (non-hydrogen) atoms. The summed E-state index contributed by atoms with van der Waals surface area (Å²) in [4.78, 5) is 7.06. The van der Waals surface area contributed by atoms with Crippen molar-refractivity contribution < 1.29 is 9.13 Å². The molecule has 0 bridgehead atoms. The van der Waals surface area contributed by atoms with Crippen LogP contribution in [0.3, 0.4) is 0 Å². The number of nitrogens with one attached hydrogen (secondary N) is 1. The fraction of sp³-hybridized carbons (Fsp3) is 0.600. The van der Waals surface area contributed by atoms with E-state index in [1.54, 1.807) is 0 Å². The Morgan fingerprint density at radius 2 is 1.85 bits per heavy atom. The summed E-state index contributed by atoms with van der Waals surface area (Å²) in [5.41, 5.74) is 4.37. The van der Waals surface area contributed by atoms with Crippen molar-refractivity contribution in [2.75, 3.05) is 71.2 Å². The molecule has 0 radical (unpaired) electrons. The molecule has 2 aliphatic rings. The first-order chi connectivity index (χ1) is 13.3. The highest BCUT2D eigenvalue weighted by molar-refractivity contribution is 5.58. The second-order valence-corrected chi connectivity index (χ2v) is 7.15. The van der Waals surface area contributed by atoms with Gasteiger partial charge in [0.2, 0.25) is 0 Å². The van der Waals surface area contributed by atoms with Crippen molar-refractivity contribution in [2.45, 2.75) is 12.8 Å². The first-order valence-electron chi connectivity index (χ1n) is 9.89. The summed E-state index contributed by atoms with van der Waals surface area (Å²) >= 11 is 0. The minimum Gasteiger partial charge on any atom is -0.489 e. The lowest BCUT2D eigenvalue weighted by Crippen LogP contribution is -2.47. The quantitative estimate of drug-likeness (QED) is 0.664. The Hall–Kier alpha value is -1.99. The molecule has 2 aliphatic heterocycles. The van der Waals surface area contributed by atoms with Crippen LogP contribution < -0.4 is 15.1 Å². The number of piperazine rings is 1. The number of hydrogen-bond donors (Lipinski definition) is 1. The second-order valence-electron chi connectivity index (χ2n) is 7.15. The smallest absolute Gasteiger partial charge is 0.142 e. The Kier molecular flexibility index (Phi) is 7.59. The molecule has 0 amide bonds. The molecule has 0 unspecified atom stereocenters. The molecule has 0 spiro atoms. The number of hydrazine groups is 1. The van der Waals surface area contributed by atoms with Crippen LogP contribution in [-0.4, -0.2) is 81.1 Å². The van der Waals surface area contributed by atoms with Gasteiger partial charge in [0.1, 0.15) is 19.0 Å². The summed E-state index contributed by atoms with van der Waals surface area (Å²) < 4.78 is 18.0. The highest BCUT2D eigenvalue weighted by Crippen LogP contribution is 2.28. The lowest BCUT2D eigenvalue weighted by molar-refractivity contribution is 0.127. The minimum atomic E-state index is -0.457. The average Bonchev–Trinajstić information content (AvgIpc) is 2.70.